The molecule has 2 N–H and O–H groups in total. The summed E-state index contributed by atoms with van der Waals surface area (Å²) in [6.45, 7) is 2.05. The molecule has 1 rings (SSSR count). The summed E-state index contributed by atoms with van der Waals surface area (Å²) < 4.78 is 31.6. The Morgan fingerprint density at radius 1 is 1.47 bits per heavy atom. The molecule has 6 heteroatoms. The van der Waals surface area contributed by atoms with Gasteiger partial charge in [0.2, 0.25) is 0 Å². The number of carboxylic acid groups (broad SMARTS) is 1. The Balaban J connectivity index is 2.96. The predicted octanol–water partition coefficient (Wildman–Crippen LogP) is 2.11. The van der Waals surface area contributed by atoms with Crippen LogP contribution in [0.15, 0.2) is 12.1 Å². The minimum Gasteiger partial charge on any atom is -0.478 e. The molecular formula is C11H13F2NO3. The zero-order valence-corrected chi connectivity index (χ0v) is 9.46. The number of ether oxygens (including phenoxy) is 1. The molecule has 0 spiro atoms. The van der Waals surface area contributed by atoms with Crippen molar-refractivity contribution in [1.82, 2.24) is 0 Å². The van der Waals surface area contributed by atoms with E-state index < -0.39 is 23.2 Å². The fourth-order valence-electron chi connectivity index (χ4n) is 1.38. The van der Waals surface area contributed by atoms with Crippen LogP contribution < -0.4 is 5.32 Å². The van der Waals surface area contributed by atoms with Gasteiger partial charge in [-0.1, -0.05) is 0 Å². The van der Waals surface area contributed by atoms with Crippen molar-refractivity contribution >= 4 is 11.7 Å². The van der Waals surface area contributed by atoms with Crippen molar-refractivity contribution in [2.24, 2.45) is 0 Å². The normalized spacial score (nSPS) is 12.2. The zero-order chi connectivity index (χ0) is 13.0. The molecule has 1 atom stereocenters. The first-order valence-electron chi connectivity index (χ1n) is 4.94. The first kappa shape index (κ1) is 13.4. The average Bonchev–Trinajstić information content (AvgIpc) is 2.25. The molecule has 94 valence electrons. The van der Waals surface area contributed by atoms with Crippen molar-refractivity contribution in [2.45, 2.75) is 13.0 Å². The van der Waals surface area contributed by atoms with E-state index in [1.807, 2.05) is 0 Å². The summed E-state index contributed by atoms with van der Waals surface area (Å²) >= 11 is 0. The highest BCUT2D eigenvalue weighted by molar-refractivity contribution is 5.88. The number of halogens is 2. The summed E-state index contributed by atoms with van der Waals surface area (Å²) in [5.41, 5.74) is -0.774. The van der Waals surface area contributed by atoms with E-state index in [2.05, 4.69) is 5.32 Å². The third-order valence-electron chi connectivity index (χ3n) is 2.13. The van der Waals surface area contributed by atoms with Gasteiger partial charge >= 0.3 is 5.97 Å². The van der Waals surface area contributed by atoms with Gasteiger partial charge in [0, 0.05) is 13.2 Å². The first-order valence-corrected chi connectivity index (χ1v) is 4.94. The maximum atomic E-state index is 13.5. The Bertz CT molecular complexity index is 423. The van der Waals surface area contributed by atoms with Crippen LogP contribution in [0.2, 0.25) is 0 Å². The molecule has 0 amide bonds. The predicted molar refractivity (Wildman–Crippen MR) is 58.3 cm³/mol. The van der Waals surface area contributed by atoms with Gasteiger partial charge in [-0.05, 0) is 19.1 Å². The molecule has 0 aliphatic heterocycles. The molecule has 0 saturated heterocycles. The second kappa shape index (κ2) is 5.58. The van der Waals surface area contributed by atoms with Crippen LogP contribution in [0.25, 0.3) is 0 Å². The lowest BCUT2D eigenvalue weighted by Crippen LogP contribution is -2.22. The van der Waals surface area contributed by atoms with E-state index in [1.165, 1.54) is 13.2 Å². The lowest BCUT2D eigenvalue weighted by Gasteiger charge is -2.15. The van der Waals surface area contributed by atoms with Crippen LogP contribution >= 0.6 is 0 Å². The molecule has 0 bridgehead atoms. The molecular weight excluding hydrogens is 232 g/mol. The minimum atomic E-state index is -1.50. The first-order chi connectivity index (χ1) is 7.97. The summed E-state index contributed by atoms with van der Waals surface area (Å²) in [6.07, 6.45) is 0. The van der Waals surface area contributed by atoms with E-state index in [0.717, 1.165) is 6.07 Å². The quantitative estimate of drug-likeness (QED) is 0.834. The van der Waals surface area contributed by atoms with Crippen LogP contribution in [0.5, 0.6) is 0 Å². The Labute approximate surface area is 97.2 Å². The van der Waals surface area contributed by atoms with Crippen molar-refractivity contribution < 1.29 is 23.4 Å². The van der Waals surface area contributed by atoms with Crippen LogP contribution in [-0.2, 0) is 4.74 Å². The van der Waals surface area contributed by atoms with Gasteiger partial charge in [-0.3, -0.25) is 0 Å². The fraction of sp³-hybridized carbons (Fsp3) is 0.364. The van der Waals surface area contributed by atoms with Crippen molar-refractivity contribution in [2.75, 3.05) is 19.0 Å². The van der Waals surface area contributed by atoms with Crippen molar-refractivity contribution in [3.05, 3.63) is 29.3 Å². The van der Waals surface area contributed by atoms with Crippen LogP contribution in [0, 0.1) is 11.6 Å². The molecule has 1 aromatic carbocycles. The highest BCUT2D eigenvalue weighted by Gasteiger charge is 2.18. The molecule has 0 radical (unpaired) electrons. The maximum absolute atomic E-state index is 13.5. The minimum absolute atomic E-state index is 0.0861. The number of benzene rings is 1. The Morgan fingerprint density at radius 2 is 2.12 bits per heavy atom. The van der Waals surface area contributed by atoms with Gasteiger partial charge in [-0.25, -0.2) is 13.6 Å². The average molecular weight is 245 g/mol. The van der Waals surface area contributed by atoms with Crippen LogP contribution in [-0.4, -0.2) is 30.8 Å². The number of hydrogen-bond acceptors (Lipinski definition) is 3. The molecule has 0 aromatic heterocycles. The number of carboxylic acids is 1. The van der Waals surface area contributed by atoms with Crippen LogP contribution in [0.3, 0.4) is 0 Å². The summed E-state index contributed by atoms with van der Waals surface area (Å²) in [5.74, 6) is -4.07. The number of nitrogens with one attached hydrogen (secondary N) is 1. The number of aromatic carboxylic acids is 1. The van der Waals surface area contributed by atoms with E-state index >= 15 is 0 Å². The highest BCUT2D eigenvalue weighted by Crippen LogP contribution is 2.21. The van der Waals surface area contributed by atoms with Crippen molar-refractivity contribution in [1.29, 1.82) is 0 Å². The van der Waals surface area contributed by atoms with E-state index in [-0.39, 0.29) is 11.7 Å². The van der Waals surface area contributed by atoms with E-state index in [1.54, 1.807) is 6.92 Å². The van der Waals surface area contributed by atoms with E-state index in [0.29, 0.717) is 6.61 Å². The Morgan fingerprint density at radius 3 is 2.65 bits per heavy atom. The molecule has 0 heterocycles. The summed E-state index contributed by atoms with van der Waals surface area (Å²) in [7, 11) is 1.49. The highest BCUT2D eigenvalue weighted by atomic mass is 19.2. The van der Waals surface area contributed by atoms with Crippen molar-refractivity contribution in [3.63, 3.8) is 0 Å². The number of methoxy groups -OCH3 is 1. The maximum Gasteiger partial charge on any atom is 0.338 e. The van der Waals surface area contributed by atoms with Crippen molar-refractivity contribution in [3.8, 4) is 0 Å². The van der Waals surface area contributed by atoms with Crippen LogP contribution in [0.1, 0.15) is 17.3 Å². The van der Waals surface area contributed by atoms with Gasteiger partial charge in [-0.2, -0.15) is 0 Å². The van der Waals surface area contributed by atoms with E-state index in [9.17, 15) is 13.6 Å². The number of rotatable bonds is 5. The molecule has 0 saturated carbocycles. The summed E-state index contributed by atoms with van der Waals surface area (Å²) in [4.78, 5) is 10.6. The van der Waals surface area contributed by atoms with Gasteiger partial charge in [-0.15, -0.1) is 0 Å². The Hall–Kier alpha value is -1.69. The lowest BCUT2D eigenvalue weighted by atomic mass is 10.1. The smallest absolute Gasteiger partial charge is 0.338 e. The topological polar surface area (TPSA) is 58.6 Å². The zero-order valence-electron chi connectivity index (χ0n) is 9.46. The molecule has 0 aliphatic rings. The second-order valence-corrected chi connectivity index (χ2v) is 3.59. The Kier molecular flexibility index (Phi) is 4.39. The fourth-order valence-corrected chi connectivity index (χ4v) is 1.38. The summed E-state index contributed by atoms with van der Waals surface area (Å²) in [5, 5.41) is 11.3. The van der Waals surface area contributed by atoms with Crippen LogP contribution in [0.4, 0.5) is 14.5 Å². The van der Waals surface area contributed by atoms with Gasteiger partial charge in [0.25, 0.3) is 0 Å². The molecule has 1 aromatic rings. The second-order valence-electron chi connectivity index (χ2n) is 3.59. The SMILES string of the molecule is COCC(C)Nc1ccc(C(=O)O)c(F)c1F. The third-order valence-corrected chi connectivity index (χ3v) is 2.13. The monoisotopic (exact) mass is 245 g/mol. The molecule has 1 unspecified atom stereocenters. The van der Waals surface area contributed by atoms with Gasteiger partial charge in [0.1, 0.15) is 0 Å². The van der Waals surface area contributed by atoms with Gasteiger partial charge in [0.15, 0.2) is 11.6 Å². The van der Waals surface area contributed by atoms with Gasteiger partial charge < -0.3 is 15.2 Å². The van der Waals surface area contributed by atoms with E-state index in [4.69, 9.17) is 9.84 Å². The molecule has 0 fully saturated rings. The molecule has 17 heavy (non-hydrogen) atoms. The molecule has 4 nitrogen and oxygen atoms in total. The van der Waals surface area contributed by atoms with Gasteiger partial charge in [0.05, 0.1) is 17.9 Å². The number of carbonyl (C=O) groups is 1. The number of anilines is 1. The lowest BCUT2D eigenvalue weighted by molar-refractivity contribution is 0.0690. The summed E-state index contributed by atoms with van der Waals surface area (Å²) in [6, 6.07) is 1.99. The third kappa shape index (κ3) is 3.13. The largest absolute Gasteiger partial charge is 0.478 e. The number of hydrogen-bond donors (Lipinski definition) is 2. The standard InChI is InChI=1S/C11H13F2NO3/c1-6(5-17-2)14-8-4-3-7(11(15)16)9(12)10(8)13/h3-4,6,14H,5H2,1-2H3,(H,15,16). The molecule has 0 aliphatic carbocycles.